The lowest BCUT2D eigenvalue weighted by molar-refractivity contribution is 0.180. The molecule has 1 heterocycles. The number of hydrogen-bond donors (Lipinski definition) is 1. The SMILES string of the molecule is CCCc1noc(COc2ccc3c(c2)CC[C@@H]3O)n1. The molecule has 0 saturated heterocycles. The van der Waals surface area contributed by atoms with Crippen molar-refractivity contribution in [3.63, 3.8) is 0 Å². The van der Waals surface area contributed by atoms with E-state index in [0.717, 1.165) is 48.4 Å². The first-order chi connectivity index (χ1) is 9.76. The van der Waals surface area contributed by atoms with Crippen LogP contribution < -0.4 is 4.74 Å². The van der Waals surface area contributed by atoms with Gasteiger partial charge in [-0.25, -0.2) is 0 Å². The van der Waals surface area contributed by atoms with Gasteiger partial charge in [0, 0.05) is 6.42 Å². The van der Waals surface area contributed by atoms with Crippen LogP contribution >= 0.6 is 0 Å². The highest BCUT2D eigenvalue weighted by atomic mass is 16.5. The molecule has 1 aliphatic rings. The number of benzene rings is 1. The Balaban J connectivity index is 1.63. The highest BCUT2D eigenvalue weighted by molar-refractivity contribution is 5.39. The molecule has 0 spiro atoms. The molecule has 0 amide bonds. The highest BCUT2D eigenvalue weighted by Gasteiger charge is 2.20. The van der Waals surface area contributed by atoms with Crippen LogP contribution in [0.15, 0.2) is 22.7 Å². The van der Waals surface area contributed by atoms with Gasteiger partial charge in [0.2, 0.25) is 0 Å². The normalized spacial score (nSPS) is 17.2. The van der Waals surface area contributed by atoms with Crippen LogP contribution in [0, 0.1) is 0 Å². The molecule has 106 valence electrons. The third kappa shape index (κ3) is 2.67. The van der Waals surface area contributed by atoms with Crippen molar-refractivity contribution in [2.24, 2.45) is 0 Å². The van der Waals surface area contributed by atoms with Gasteiger partial charge < -0.3 is 14.4 Å². The fourth-order valence-corrected chi connectivity index (χ4v) is 2.48. The Morgan fingerprint density at radius 2 is 2.35 bits per heavy atom. The van der Waals surface area contributed by atoms with Crippen molar-refractivity contribution in [2.45, 2.75) is 45.3 Å². The predicted octanol–water partition coefficient (Wildman–Crippen LogP) is 2.58. The first-order valence-electron chi connectivity index (χ1n) is 7.01. The summed E-state index contributed by atoms with van der Waals surface area (Å²) in [6, 6.07) is 5.78. The van der Waals surface area contributed by atoms with E-state index in [2.05, 4.69) is 17.1 Å². The number of aromatic nitrogens is 2. The van der Waals surface area contributed by atoms with Gasteiger partial charge in [0.15, 0.2) is 12.4 Å². The summed E-state index contributed by atoms with van der Waals surface area (Å²) >= 11 is 0. The van der Waals surface area contributed by atoms with Gasteiger partial charge in [-0.15, -0.1) is 0 Å². The van der Waals surface area contributed by atoms with E-state index >= 15 is 0 Å². The lowest BCUT2D eigenvalue weighted by Crippen LogP contribution is -1.97. The van der Waals surface area contributed by atoms with Crippen LogP contribution in [0.3, 0.4) is 0 Å². The van der Waals surface area contributed by atoms with Gasteiger partial charge in [0.25, 0.3) is 5.89 Å². The minimum absolute atomic E-state index is 0.276. The lowest BCUT2D eigenvalue weighted by atomic mass is 10.1. The van der Waals surface area contributed by atoms with Gasteiger partial charge in [-0.3, -0.25) is 0 Å². The Morgan fingerprint density at radius 1 is 1.45 bits per heavy atom. The summed E-state index contributed by atoms with van der Waals surface area (Å²) < 4.78 is 10.8. The number of fused-ring (bicyclic) bond motifs is 1. The zero-order chi connectivity index (χ0) is 13.9. The maximum absolute atomic E-state index is 9.76. The van der Waals surface area contributed by atoms with E-state index in [9.17, 15) is 5.11 Å². The number of hydrogen-bond acceptors (Lipinski definition) is 5. The molecule has 0 unspecified atom stereocenters. The van der Waals surface area contributed by atoms with E-state index in [1.165, 1.54) is 0 Å². The topological polar surface area (TPSA) is 68.4 Å². The molecule has 0 saturated carbocycles. The molecule has 0 radical (unpaired) electrons. The maximum atomic E-state index is 9.76. The van der Waals surface area contributed by atoms with Gasteiger partial charge >= 0.3 is 0 Å². The molecule has 20 heavy (non-hydrogen) atoms. The largest absolute Gasteiger partial charge is 0.484 e. The maximum Gasteiger partial charge on any atom is 0.264 e. The van der Waals surface area contributed by atoms with Crippen molar-refractivity contribution in [2.75, 3.05) is 0 Å². The first kappa shape index (κ1) is 13.1. The second kappa shape index (κ2) is 5.63. The molecule has 1 aliphatic carbocycles. The lowest BCUT2D eigenvalue weighted by Gasteiger charge is -2.07. The number of ether oxygens (including phenoxy) is 1. The summed E-state index contributed by atoms with van der Waals surface area (Å²) in [6.07, 6.45) is 3.18. The van der Waals surface area contributed by atoms with Gasteiger partial charge in [0.05, 0.1) is 6.10 Å². The van der Waals surface area contributed by atoms with Crippen molar-refractivity contribution >= 4 is 0 Å². The minimum Gasteiger partial charge on any atom is -0.484 e. The second-order valence-corrected chi connectivity index (χ2v) is 5.06. The fourth-order valence-electron chi connectivity index (χ4n) is 2.48. The number of aryl methyl sites for hydroxylation is 2. The Hall–Kier alpha value is -1.88. The summed E-state index contributed by atoms with van der Waals surface area (Å²) in [4.78, 5) is 4.26. The zero-order valence-corrected chi connectivity index (χ0v) is 11.5. The quantitative estimate of drug-likeness (QED) is 0.907. The molecular formula is C15H18N2O3. The summed E-state index contributed by atoms with van der Waals surface area (Å²) in [6.45, 7) is 2.35. The van der Waals surface area contributed by atoms with E-state index < -0.39 is 0 Å². The Labute approximate surface area is 117 Å². The molecule has 1 N–H and O–H groups in total. The highest BCUT2D eigenvalue weighted by Crippen LogP contribution is 2.33. The molecule has 5 nitrogen and oxygen atoms in total. The summed E-state index contributed by atoms with van der Waals surface area (Å²) in [7, 11) is 0. The van der Waals surface area contributed by atoms with E-state index in [-0.39, 0.29) is 12.7 Å². The van der Waals surface area contributed by atoms with E-state index in [0.29, 0.717) is 5.89 Å². The average molecular weight is 274 g/mol. The fraction of sp³-hybridized carbons (Fsp3) is 0.467. The van der Waals surface area contributed by atoms with Gasteiger partial charge in [-0.1, -0.05) is 18.1 Å². The van der Waals surface area contributed by atoms with Crippen molar-refractivity contribution < 1.29 is 14.4 Å². The number of aliphatic hydroxyl groups is 1. The molecular weight excluding hydrogens is 256 g/mol. The van der Waals surface area contributed by atoms with Crippen LogP contribution in [0.2, 0.25) is 0 Å². The predicted molar refractivity (Wildman–Crippen MR) is 72.3 cm³/mol. The smallest absolute Gasteiger partial charge is 0.264 e. The second-order valence-electron chi connectivity index (χ2n) is 5.06. The molecule has 1 aromatic carbocycles. The third-order valence-corrected chi connectivity index (χ3v) is 3.51. The molecule has 0 fully saturated rings. The van der Waals surface area contributed by atoms with Crippen molar-refractivity contribution in [1.29, 1.82) is 0 Å². The molecule has 1 atom stereocenters. The molecule has 2 aromatic rings. The standard InChI is InChI=1S/C15H18N2O3/c1-2-3-14-16-15(20-17-14)9-19-11-5-6-12-10(8-11)4-7-13(12)18/h5-6,8,13,18H,2-4,7,9H2,1H3/t13-/m0/s1. The van der Waals surface area contributed by atoms with E-state index in [1.807, 2.05) is 18.2 Å². The Kier molecular flexibility index (Phi) is 3.69. The monoisotopic (exact) mass is 274 g/mol. The zero-order valence-electron chi connectivity index (χ0n) is 11.5. The molecule has 3 rings (SSSR count). The summed E-state index contributed by atoms with van der Waals surface area (Å²) in [5.74, 6) is 1.99. The van der Waals surface area contributed by atoms with Crippen LogP contribution in [0.25, 0.3) is 0 Å². The van der Waals surface area contributed by atoms with Crippen LogP contribution in [0.5, 0.6) is 5.75 Å². The molecule has 0 aliphatic heterocycles. The van der Waals surface area contributed by atoms with Crippen LogP contribution in [-0.4, -0.2) is 15.2 Å². The number of rotatable bonds is 5. The van der Waals surface area contributed by atoms with Crippen LogP contribution in [0.4, 0.5) is 0 Å². The van der Waals surface area contributed by atoms with Crippen molar-refractivity contribution in [3.05, 3.63) is 41.0 Å². The van der Waals surface area contributed by atoms with Gasteiger partial charge in [-0.05, 0) is 42.5 Å². The minimum atomic E-state index is -0.327. The average Bonchev–Trinajstić information content (AvgIpc) is 3.04. The number of aliphatic hydroxyl groups excluding tert-OH is 1. The van der Waals surface area contributed by atoms with Crippen LogP contribution in [0.1, 0.15) is 48.7 Å². The van der Waals surface area contributed by atoms with Gasteiger partial charge in [0.1, 0.15) is 5.75 Å². The first-order valence-corrected chi connectivity index (χ1v) is 7.01. The van der Waals surface area contributed by atoms with E-state index in [1.54, 1.807) is 0 Å². The third-order valence-electron chi connectivity index (χ3n) is 3.51. The number of nitrogens with zero attached hydrogens (tertiary/aromatic N) is 2. The molecule has 1 aromatic heterocycles. The summed E-state index contributed by atoms with van der Waals surface area (Å²) in [5, 5.41) is 13.6. The van der Waals surface area contributed by atoms with E-state index in [4.69, 9.17) is 9.26 Å². The van der Waals surface area contributed by atoms with Crippen molar-refractivity contribution in [1.82, 2.24) is 10.1 Å². The Morgan fingerprint density at radius 3 is 3.20 bits per heavy atom. The van der Waals surface area contributed by atoms with Gasteiger partial charge in [-0.2, -0.15) is 4.98 Å². The van der Waals surface area contributed by atoms with Crippen molar-refractivity contribution in [3.8, 4) is 5.75 Å². The molecule has 0 bridgehead atoms. The summed E-state index contributed by atoms with van der Waals surface area (Å²) in [5.41, 5.74) is 2.17. The Bertz CT molecular complexity index is 595. The van der Waals surface area contributed by atoms with Crippen LogP contribution in [-0.2, 0) is 19.4 Å². The molecule has 5 heteroatoms.